The topological polar surface area (TPSA) is 60.0 Å². The van der Waals surface area contributed by atoms with Gasteiger partial charge in [0.05, 0.1) is 38.6 Å². The summed E-state index contributed by atoms with van der Waals surface area (Å²) >= 11 is 0. The second kappa shape index (κ2) is 8.82. The van der Waals surface area contributed by atoms with E-state index in [4.69, 9.17) is 14.2 Å². The highest BCUT2D eigenvalue weighted by Gasteiger charge is 2.33. The predicted molar refractivity (Wildman–Crippen MR) is 71.9 cm³/mol. The number of methoxy groups -OCH3 is 1. The molecule has 110 valence electrons. The lowest BCUT2D eigenvalue weighted by atomic mass is 9.86. The Bertz CT molecular complexity index is 202. The quantitative estimate of drug-likeness (QED) is 0.540. The molecule has 2 N–H and O–H groups in total. The summed E-state index contributed by atoms with van der Waals surface area (Å²) in [5.41, 5.74) is -1.11. The van der Waals surface area contributed by atoms with Gasteiger partial charge < -0.3 is 24.6 Å². The minimum Gasteiger partial charge on any atom is -0.389 e. The maximum Gasteiger partial charge on any atom is 0.0767 e. The van der Waals surface area contributed by atoms with Crippen LogP contribution in [0.4, 0.5) is 0 Å². The van der Waals surface area contributed by atoms with Gasteiger partial charge in [0.15, 0.2) is 0 Å². The van der Waals surface area contributed by atoms with Crippen LogP contribution < -0.4 is 5.32 Å². The van der Waals surface area contributed by atoms with Crippen molar-refractivity contribution >= 4 is 0 Å². The molecule has 0 aliphatic carbocycles. The molecule has 0 spiro atoms. The molecule has 0 radical (unpaired) electrons. The van der Waals surface area contributed by atoms with Crippen molar-refractivity contribution in [3.05, 3.63) is 0 Å². The smallest absolute Gasteiger partial charge is 0.0767 e. The van der Waals surface area contributed by atoms with Gasteiger partial charge >= 0.3 is 0 Å². The zero-order chi connectivity index (χ0) is 14.1. The van der Waals surface area contributed by atoms with Crippen molar-refractivity contribution in [1.82, 2.24) is 5.32 Å². The van der Waals surface area contributed by atoms with E-state index in [9.17, 15) is 5.11 Å². The Labute approximate surface area is 111 Å². The third-order valence-corrected chi connectivity index (χ3v) is 3.15. The molecule has 0 amide bonds. The van der Waals surface area contributed by atoms with E-state index in [1.807, 2.05) is 13.8 Å². The Kier molecular flexibility index (Phi) is 8.73. The molecule has 0 unspecified atom stereocenters. The fourth-order valence-corrected chi connectivity index (χ4v) is 1.12. The highest BCUT2D eigenvalue weighted by atomic mass is 16.5. The van der Waals surface area contributed by atoms with Crippen molar-refractivity contribution in [2.24, 2.45) is 0 Å². The minimum atomic E-state index is -0.768. The molecule has 18 heavy (non-hydrogen) atoms. The van der Waals surface area contributed by atoms with Crippen molar-refractivity contribution in [3.8, 4) is 0 Å². The number of hydrogen-bond acceptors (Lipinski definition) is 5. The van der Waals surface area contributed by atoms with Crippen molar-refractivity contribution in [1.29, 1.82) is 0 Å². The maximum atomic E-state index is 9.93. The van der Waals surface area contributed by atoms with Crippen LogP contribution >= 0.6 is 0 Å². The highest BCUT2D eigenvalue weighted by molar-refractivity contribution is 4.93. The molecule has 0 aliphatic heterocycles. The van der Waals surface area contributed by atoms with Gasteiger partial charge in [-0.3, -0.25) is 0 Å². The van der Waals surface area contributed by atoms with Gasteiger partial charge in [-0.2, -0.15) is 0 Å². The first-order chi connectivity index (χ1) is 8.31. The number of nitrogens with one attached hydrogen (secondary N) is 1. The zero-order valence-electron chi connectivity index (χ0n) is 12.4. The first kappa shape index (κ1) is 17.8. The van der Waals surface area contributed by atoms with Crippen LogP contribution in [0.25, 0.3) is 0 Å². The van der Waals surface area contributed by atoms with E-state index >= 15 is 0 Å². The average Bonchev–Trinajstić information content (AvgIpc) is 2.25. The molecule has 0 saturated heterocycles. The molecule has 0 rings (SSSR count). The maximum absolute atomic E-state index is 9.93. The van der Waals surface area contributed by atoms with E-state index in [-0.39, 0.29) is 5.54 Å². The monoisotopic (exact) mass is 263 g/mol. The average molecular weight is 263 g/mol. The van der Waals surface area contributed by atoms with Gasteiger partial charge in [0, 0.05) is 19.2 Å². The van der Waals surface area contributed by atoms with Crippen LogP contribution in [0.3, 0.4) is 0 Å². The highest BCUT2D eigenvalue weighted by Crippen LogP contribution is 2.19. The van der Waals surface area contributed by atoms with Crippen molar-refractivity contribution < 1.29 is 19.3 Å². The largest absolute Gasteiger partial charge is 0.389 e. The molecule has 5 nitrogen and oxygen atoms in total. The molecule has 0 heterocycles. The van der Waals surface area contributed by atoms with Gasteiger partial charge in [0.1, 0.15) is 0 Å². The summed E-state index contributed by atoms with van der Waals surface area (Å²) in [5.74, 6) is 0. The van der Waals surface area contributed by atoms with Crippen LogP contribution in [0.2, 0.25) is 0 Å². The summed E-state index contributed by atoms with van der Waals surface area (Å²) in [4.78, 5) is 0. The third kappa shape index (κ3) is 8.00. The SMILES string of the molecule is COCCOCCOCCNC(C)(C)C(C)(C)O. The number of ether oxygens (including phenoxy) is 3. The predicted octanol–water partition coefficient (Wildman–Crippen LogP) is 0.805. The van der Waals surface area contributed by atoms with E-state index < -0.39 is 5.60 Å². The van der Waals surface area contributed by atoms with E-state index in [2.05, 4.69) is 5.32 Å². The van der Waals surface area contributed by atoms with Crippen LogP contribution in [0.1, 0.15) is 27.7 Å². The van der Waals surface area contributed by atoms with E-state index in [1.54, 1.807) is 21.0 Å². The summed E-state index contributed by atoms with van der Waals surface area (Å²) in [5, 5.41) is 13.2. The van der Waals surface area contributed by atoms with Gasteiger partial charge in [-0.15, -0.1) is 0 Å². The summed E-state index contributed by atoms with van der Waals surface area (Å²) in [6.07, 6.45) is 0. The van der Waals surface area contributed by atoms with Gasteiger partial charge in [-0.05, 0) is 27.7 Å². The van der Waals surface area contributed by atoms with Crippen molar-refractivity contribution in [2.45, 2.75) is 38.8 Å². The summed E-state index contributed by atoms with van der Waals surface area (Å²) in [7, 11) is 1.65. The van der Waals surface area contributed by atoms with Crippen LogP contribution in [0.15, 0.2) is 0 Å². The van der Waals surface area contributed by atoms with Crippen LogP contribution in [0.5, 0.6) is 0 Å². The number of aliphatic hydroxyl groups is 1. The van der Waals surface area contributed by atoms with Crippen molar-refractivity contribution in [3.63, 3.8) is 0 Å². The Morgan fingerprint density at radius 1 is 0.889 bits per heavy atom. The standard InChI is InChI=1S/C13H29NO4/c1-12(2,13(3,4)15)14-6-7-17-10-11-18-9-8-16-5/h14-15H,6-11H2,1-5H3. The fraction of sp³-hybridized carbons (Fsp3) is 1.00. The lowest BCUT2D eigenvalue weighted by Gasteiger charge is -2.38. The molecule has 0 aliphatic rings. The van der Waals surface area contributed by atoms with Crippen molar-refractivity contribution in [2.75, 3.05) is 46.7 Å². The van der Waals surface area contributed by atoms with Crippen LogP contribution in [-0.2, 0) is 14.2 Å². The first-order valence-electron chi connectivity index (χ1n) is 6.43. The zero-order valence-corrected chi connectivity index (χ0v) is 12.4. The van der Waals surface area contributed by atoms with Crippen LogP contribution in [0, 0.1) is 0 Å². The molecule has 0 atom stereocenters. The summed E-state index contributed by atoms with van der Waals surface area (Å²) < 4.78 is 15.5. The Morgan fingerprint density at radius 2 is 1.39 bits per heavy atom. The Morgan fingerprint density at radius 3 is 1.89 bits per heavy atom. The second-order valence-electron chi connectivity index (χ2n) is 5.33. The van der Waals surface area contributed by atoms with E-state index in [0.717, 1.165) is 0 Å². The molecule has 0 saturated carbocycles. The van der Waals surface area contributed by atoms with Gasteiger partial charge in [-0.25, -0.2) is 0 Å². The Balaban J connectivity index is 3.41. The molecule has 0 aromatic heterocycles. The van der Waals surface area contributed by atoms with E-state index in [1.165, 1.54) is 0 Å². The summed E-state index contributed by atoms with van der Waals surface area (Å²) in [6.45, 7) is 11.2. The number of rotatable bonds is 11. The molecule has 5 heteroatoms. The molecule has 0 fully saturated rings. The molecule has 0 bridgehead atoms. The molecular weight excluding hydrogens is 234 g/mol. The minimum absolute atomic E-state index is 0.342. The van der Waals surface area contributed by atoms with Gasteiger partial charge in [0.25, 0.3) is 0 Å². The first-order valence-corrected chi connectivity index (χ1v) is 6.43. The van der Waals surface area contributed by atoms with Crippen LogP contribution in [-0.4, -0.2) is 62.9 Å². The van der Waals surface area contributed by atoms with Gasteiger partial charge in [-0.1, -0.05) is 0 Å². The van der Waals surface area contributed by atoms with Gasteiger partial charge in [0.2, 0.25) is 0 Å². The lowest BCUT2D eigenvalue weighted by Crippen LogP contribution is -2.56. The second-order valence-corrected chi connectivity index (χ2v) is 5.33. The Hall–Kier alpha value is -0.200. The lowest BCUT2D eigenvalue weighted by molar-refractivity contribution is -0.0111. The third-order valence-electron chi connectivity index (χ3n) is 3.15. The number of hydrogen-bond donors (Lipinski definition) is 2. The molecular formula is C13H29NO4. The van der Waals surface area contributed by atoms with E-state index in [0.29, 0.717) is 39.6 Å². The molecule has 0 aromatic carbocycles. The summed E-state index contributed by atoms with van der Waals surface area (Å²) in [6, 6.07) is 0. The molecule has 0 aromatic rings. The normalized spacial score (nSPS) is 13.0. The fourth-order valence-electron chi connectivity index (χ4n) is 1.12.